The average Bonchev–Trinajstić information content (AvgIpc) is 2.97. The van der Waals surface area contributed by atoms with Crippen molar-refractivity contribution < 1.29 is 9.59 Å². The Hall–Kier alpha value is -2.34. The van der Waals surface area contributed by atoms with Crippen molar-refractivity contribution in [3.8, 4) is 0 Å². The Bertz CT molecular complexity index is 726. The highest BCUT2D eigenvalue weighted by Crippen LogP contribution is 2.14. The minimum absolute atomic E-state index is 0.0597. The number of hydrogen-bond donors (Lipinski definition) is 0. The first-order valence-electron chi connectivity index (χ1n) is 7.32. The predicted molar refractivity (Wildman–Crippen MR) is 86.0 cm³/mol. The van der Waals surface area contributed by atoms with Crippen molar-refractivity contribution in [1.29, 1.82) is 0 Å². The number of rotatable bonds is 3. The van der Waals surface area contributed by atoms with Crippen LogP contribution < -0.4 is 0 Å². The molecule has 1 aliphatic heterocycles. The van der Waals surface area contributed by atoms with Crippen LogP contribution in [0.3, 0.4) is 0 Å². The number of halogens is 1. The van der Waals surface area contributed by atoms with Crippen LogP contribution in [0.5, 0.6) is 0 Å². The number of carbonyl (C=O) groups is 2. The first kappa shape index (κ1) is 15.6. The molecular weight excluding hydrogens is 316 g/mol. The lowest BCUT2D eigenvalue weighted by Gasteiger charge is -2.34. The van der Waals surface area contributed by atoms with E-state index in [2.05, 4.69) is 4.98 Å². The number of amides is 2. The summed E-state index contributed by atoms with van der Waals surface area (Å²) in [6.45, 7) is 1.64. The van der Waals surface area contributed by atoms with Crippen molar-refractivity contribution >= 4 is 23.4 Å². The molecule has 1 aliphatic rings. The zero-order valence-corrected chi connectivity index (χ0v) is 13.5. The topological polar surface area (TPSA) is 58.4 Å². The molecule has 2 heterocycles. The van der Waals surface area contributed by atoms with Crippen molar-refractivity contribution in [1.82, 2.24) is 19.4 Å². The summed E-state index contributed by atoms with van der Waals surface area (Å²) in [6.07, 6.45) is 3.23. The maximum atomic E-state index is 12.3. The predicted octanol–water partition coefficient (Wildman–Crippen LogP) is 1.56. The van der Waals surface area contributed by atoms with Gasteiger partial charge in [-0.15, -0.1) is 0 Å². The van der Waals surface area contributed by atoms with Crippen LogP contribution in [0.2, 0.25) is 5.02 Å². The summed E-state index contributed by atoms with van der Waals surface area (Å²) in [5, 5.41) is 0.672. The Morgan fingerprint density at radius 1 is 1.26 bits per heavy atom. The van der Waals surface area contributed by atoms with E-state index in [9.17, 15) is 9.59 Å². The number of aryl methyl sites for hydroxylation is 1. The normalized spacial score (nSPS) is 15.1. The molecule has 120 valence electrons. The summed E-state index contributed by atoms with van der Waals surface area (Å²) in [6, 6.07) is 7.42. The fourth-order valence-corrected chi connectivity index (χ4v) is 2.67. The van der Waals surface area contributed by atoms with Crippen LogP contribution in [0.15, 0.2) is 36.8 Å². The van der Waals surface area contributed by atoms with E-state index in [4.69, 9.17) is 11.6 Å². The lowest BCUT2D eigenvalue weighted by molar-refractivity contribution is -0.135. The average molecular weight is 333 g/mol. The number of imidazole rings is 1. The minimum atomic E-state index is -0.204. The van der Waals surface area contributed by atoms with Crippen LogP contribution >= 0.6 is 11.6 Å². The molecule has 0 spiro atoms. The third kappa shape index (κ3) is 3.53. The molecule has 2 aromatic rings. The summed E-state index contributed by atoms with van der Waals surface area (Å²) in [4.78, 5) is 32.0. The van der Waals surface area contributed by atoms with Gasteiger partial charge in [0.15, 0.2) is 0 Å². The molecule has 1 fully saturated rings. The molecular formula is C16H17ClN4O2. The third-order valence-corrected chi connectivity index (χ3v) is 4.07. The summed E-state index contributed by atoms with van der Waals surface area (Å²) in [5.41, 5.74) is 1.39. The Kier molecular flexibility index (Phi) is 4.34. The Balaban J connectivity index is 1.62. The molecule has 3 rings (SSSR count). The van der Waals surface area contributed by atoms with Crippen molar-refractivity contribution in [3.63, 3.8) is 0 Å². The van der Waals surface area contributed by atoms with Crippen LogP contribution in [-0.4, -0.2) is 50.8 Å². The van der Waals surface area contributed by atoms with Gasteiger partial charge in [0.25, 0.3) is 5.91 Å². The highest BCUT2D eigenvalue weighted by atomic mass is 35.5. The molecule has 0 unspecified atom stereocenters. The van der Waals surface area contributed by atoms with Crippen molar-refractivity contribution in [2.75, 3.05) is 19.6 Å². The quantitative estimate of drug-likeness (QED) is 0.857. The fraction of sp³-hybridized carbons (Fsp3) is 0.312. The molecule has 0 bridgehead atoms. The van der Waals surface area contributed by atoms with Gasteiger partial charge in [0.1, 0.15) is 12.2 Å². The highest BCUT2D eigenvalue weighted by molar-refractivity contribution is 6.30. The molecule has 6 nitrogen and oxygen atoms in total. The van der Waals surface area contributed by atoms with Gasteiger partial charge in [0, 0.05) is 37.9 Å². The van der Waals surface area contributed by atoms with Gasteiger partial charge in [0.2, 0.25) is 5.91 Å². The van der Waals surface area contributed by atoms with Gasteiger partial charge in [-0.1, -0.05) is 23.7 Å². The van der Waals surface area contributed by atoms with Gasteiger partial charge >= 0.3 is 0 Å². The second kappa shape index (κ2) is 6.42. The van der Waals surface area contributed by atoms with Crippen molar-refractivity contribution in [3.05, 3.63) is 53.1 Å². The van der Waals surface area contributed by atoms with E-state index in [0.29, 0.717) is 30.4 Å². The van der Waals surface area contributed by atoms with E-state index in [0.717, 1.165) is 5.56 Å². The van der Waals surface area contributed by atoms with Crippen LogP contribution in [0, 0.1) is 0 Å². The minimum Gasteiger partial charge on any atom is -0.340 e. The summed E-state index contributed by atoms with van der Waals surface area (Å²) in [5.74, 6) is -0.263. The molecule has 1 saturated heterocycles. The molecule has 0 atom stereocenters. The van der Waals surface area contributed by atoms with E-state index in [1.165, 1.54) is 0 Å². The number of benzene rings is 1. The number of aromatic nitrogens is 2. The molecule has 0 saturated carbocycles. The monoisotopic (exact) mass is 332 g/mol. The van der Waals surface area contributed by atoms with Crippen molar-refractivity contribution in [2.45, 2.75) is 6.54 Å². The maximum Gasteiger partial charge on any atom is 0.274 e. The van der Waals surface area contributed by atoms with Crippen molar-refractivity contribution in [2.24, 2.45) is 7.05 Å². The second-order valence-electron chi connectivity index (χ2n) is 5.59. The lowest BCUT2D eigenvalue weighted by atomic mass is 10.2. The van der Waals surface area contributed by atoms with E-state index in [1.807, 2.05) is 24.3 Å². The van der Waals surface area contributed by atoms with Crippen LogP contribution in [-0.2, 0) is 18.4 Å². The second-order valence-corrected chi connectivity index (χ2v) is 6.03. The van der Waals surface area contributed by atoms with Gasteiger partial charge in [-0.05, 0) is 17.7 Å². The van der Waals surface area contributed by atoms with Crippen LogP contribution in [0.1, 0.15) is 16.1 Å². The zero-order chi connectivity index (χ0) is 16.4. The Morgan fingerprint density at radius 3 is 2.61 bits per heavy atom. The summed E-state index contributed by atoms with van der Waals surface area (Å²) in [7, 11) is 1.80. The highest BCUT2D eigenvalue weighted by Gasteiger charge is 2.28. The van der Waals surface area contributed by atoms with Gasteiger partial charge in [-0.25, -0.2) is 4.98 Å². The van der Waals surface area contributed by atoms with E-state index in [1.54, 1.807) is 33.9 Å². The standard InChI is InChI=1S/C16H17ClN4O2/c1-19-9-14(18-11-19)16(23)21-7-6-20(15(22)10-21)8-12-2-4-13(17)5-3-12/h2-5,9,11H,6-8,10H2,1H3. The Labute approximate surface area is 139 Å². The first-order valence-corrected chi connectivity index (χ1v) is 7.70. The number of carbonyl (C=O) groups excluding carboxylic acids is 2. The number of hydrogen-bond acceptors (Lipinski definition) is 3. The van der Waals surface area contributed by atoms with Crippen LogP contribution in [0.4, 0.5) is 0 Å². The molecule has 1 aromatic heterocycles. The first-order chi connectivity index (χ1) is 11.0. The van der Waals surface area contributed by atoms with Gasteiger partial charge < -0.3 is 14.4 Å². The van der Waals surface area contributed by atoms with E-state index in [-0.39, 0.29) is 18.4 Å². The van der Waals surface area contributed by atoms with Gasteiger partial charge in [0.05, 0.1) is 6.33 Å². The third-order valence-electron chi connectivity index (χ3n) is 3.82. The number of nitrogens with zero attached hydrogens (tertiary/aromatic N) is 4. The van der Waals surface area contributed by atoms with Crippen LogP contribution in [0.25, 0.3) is 0 Å². The summed E-state index contributed by atoms with van der Waals surface area (Å²) < 4.78 is 1.71. The SMILES string of the molecule is Cn1cnc(C(=O)N2CCN(Cc3ccc(Cl)cc3)C(=O)C2)c1. The molecule has 2 amide bonds. The molecule has 7 heteroatoms. The van der Waals surface area contributed by atoms with Gasteiger partial charge in [-0.2, -0.15) is 0 Å². The molecule has 0 aliphatic carbocycles. The largest absolute Gasteiger partial charge is 0.340 e. The fourth-order valence-electron chi connectivity index (χ4n) is 2.54. The Morgan fingerprint density at radius 2 is 2.00 bits per heavy atom. The molecule has 0 radical (unpaired) electrons. The summed E-state index contributed by atoms with van der Waals surface area (Å²) >= 11 is 5.86. The maximum absolute atomic E-state index is 12.3. The number of piperazine rings is 1. The molecule has 0 N–H and O–H groups in total. The molecule has 23 heavy (non-hydrogen) atoms. The zero-order valence-electron chi connectivity index (χ0n) is 12.8. The van der Waals surface area contributed by atoms with E-state index < -0.39 is 0 Å². The molecule has 1 aromatic carbocycles. The lowest BCUT2D eigenvalue weighted by Crippen LogP contribution is -2.51. The smallest absolute Gasteiger partial charge is 0.274 e. The van der Waals surface area contributed by atoms with Gasteiger partial charge in [-0.3, -0.25) is 9.59 Å². The van der Waals surface area contributed by atoms with E-state index >= 15 is 0 Å².